The Morgan fingerprint density at radius 2 is 2.10 bits per heavy atom. The standard InChI is InChI=1S/C7H16IN2/c1-9-4-7-10-5-2-8-3-6-10/h9H,2-7H2,1H3/q-1. The Morgan fingerprint density at radius 1 is 1.40 bits per heavy atom. The first-order valence-corrected chi connectivity index (χ1v) is 6.89. The molecule has 0 amide bonds. The van der Waals surface area contributed by atoms with Gasteiger partial charge in [0.15, 0.2) is 0 Å². The summed E-state index contributed by atoms with van der Waals surface area (Å²) in [5, 5.41) is 3.18. The number of nitrogens with zero attached hydrogens (tertiary/aromatic N) is 1. The average Bonchev–Trinajstić information content (AvgIpc) is 2.03. The van der Waals surface area contributed by atoms with Crippen molar-refractivity contribution in [3.8, 4) is 0 Å². The molecule has 0 bridgehead atoms. The fourth-order valence-corrected chi connectivity index (χ4v) is 3.64. The van der Waals surface area contributed by atoms with Crippen LogP contribution in [0, 0.1) is 0 Å². The molecule has 0 unspecified atom stereocenters. The Bertz CT molecular complexity index is 81.7. The van der Waals surface area contributed by atoms with Crippen molar-refractivity contribution in [1.82, 2.24) is 10.2 Å². The minimum atomic E-state index is 0.610. The van der Waals surface area contributed by atoms with E-state index in [9.17, 15) is 0 Å². The van der Waals surface area contributed by atoms with Crippen LogP contribution < -0.4 is 26.5 Å². The summed E-state index contributed by atoms with van der Waals surface area (Å²) < 4.78 is 3.03. The third kappa shape index (κ3) is 3.16. The van der Waals surface area contributed by atoms with Gasteiger partial charge in [0.1, 0.15) is 0 Å². The zero-order valence-corrected chi connectivity index (χ0v) is 8.73. The SMILES string of the molecule is CNCCN1CC[I-]CC1. The molecule has 0 aliphatic carbocycles. The van der Waals surface area contributed by atoms with Gasteiger partial charge < -0.3 is 0 Å². The van der Waals surface area contributed by atoms with Gasteiger partial charge in [0, 0.05) is 0 Å². The number of rotatable bonds is 3. The molecule has 1 aliphatic rings. The molecule has 1 saturated heterocycles. The first kappa shape index (κ1) is 8.74. The normalized spacial score (nSPS) is 22.1. The van der Waals surface area contributed by atoms with Crippen molar-refractivity contribution >= 4 is 0 Å². The topological polar surface area (TPSA) is 15.3 Å². The van der Waals surface area contributed by atoms with E-state index in [1.807, 2.05) is 7.05 Å². The quantitative estimate of drug-likeness (QED) is 0.418. The van der Waals surface area contributed by atoms with Gasteiger partial charge in [-0.2, -0.15) is 0 Å². The Morgan fingerprint density at radius 3 is 2.70 bits per heavy atom. The summed E-state index contributed by atoms with van der Waals surface area (Å²) in [6.07, 6.45) is 0. The zero-order valence-electron chi connectivity index (χ0n) is 6.57. The molecule has 3 heteroatoms. The van der Waals surface area contributed by atoms with Crippen LogP contribution in [-0.4, -0.2) is 47.0 Å². The van der Waals surface area contributed by atoms with E-state index in [1.165, 1.54) is 28.5 Å². The number of likely N-dealkylation sites (N-methyl/N-ethyl adjacent to an activating group) is 1. The van der Waals surface area contributed by atoms with E-state index >= 15 is 0 Å². The van der Waals surface area contributed by atoms with E-state index in [0.717, 1.165) is 6.54 Å². The molecule has 1 fully saturated rings. The molecular formula is C7H16IN2-. The number of hydrogen-bond donors (Lipinski definition) is 1. The first-order valence-electron chi connectivity index (χ1n) is 3.84. The Labute approximate surface area is 73.6 Å². The van der Waals surface area contributed by atoms with E-state index in [0.29, 0.717) is 21.2 Å². The molecule has 0 saturated carbocycles. The summed E-state index contributed by atoms with van der Waals surface area (Å²) in [6.45, 7) is 5.14. The molecule has 0 aromatic rings. The number of nitrogens with one attached hydrogen (secondary N) is 1. The summed E-state index contributed by atoms with van der Waals surface area (Å²) >= 11 is 0.610. The van der Waals surface area contributed by atoms with E-state index in [4.69, 9.17) is 0 Å². The monoisotopic (exact) mass is 255 g/mol. The van der Waals surface area contributed by atoms with Crippen molar-refractivity contribution in [3.63, 3.8) is 0 Å². The van der Waals surface area contributed by atoms with Crippen LogP contribution in [-0.2, 0) is 0 Å². The Kier molecular flexibility index (Phi) is 4.65. The molecular weight excluding hydrogens is 239 g/mol. The Balaban J connectivity index is 2.02. The molecule has 1 heterocycles. The van der Waals surface area contributed by atoms with Crippen LogP contribution in [0.4, 0.5) is 0 Å². The molecule has 0 aromatic carbocycles. The van der Waals surface area contributed by atoms with Gasteiger partial charge in [0.05, 0.1) is 0 Å². The fraction of sp³-hybridized carbons (Fsp3) is 1.00. The molecule has 62 valence electrons. The first-order chi connectivity index (χ1) is 4.93. The molecule has 1 N–H and O–H groups in total. The van der Waals surface area contributed by atoms with Gasteiger partial charge in [-0.3, -0.25) is 0 Å². The van der Waals surface area contributed by atoms with Crippen LogP contribution in [0.3, 0.4) is 0 Å². The second-order valence-corrected chi connectivity index (χ2v) is 5.75. The second kappa shape index (κ2) is 5.32. The van der Waals surface area contributed by atoms with Crippen molar-refractivity contribution in [2.45, 2.75) is 0 Å². The summed E-state index contributed by atoms with van der Waals surface area (Å²) in [7, 11) is 2.02. The van der Waals surface area contributed by atoms with Gasteiger partial charge in [-0.1, -0.05) is 0 Å². The predicted octanol–water partition coefficient (Wildman–Crippen LogP) is -3.39. The minimum absolute atomic E-state index is 0.610. The summed E-state index contributed by atoms with van der Waals surface area (Å²) in [5.41, 5.74) is 0. The van der Waals surface area contributed by atoms with Gasteiger partial charge in [-0.05, 0) is 0 Å². The number of halogens is 1. The van der Waals surface area contributed by atoms with E-state index in [2.05, 4.69) is 10.2 Å². The van der Waals surface area contributed by atoms with Crippen molar-refractivity contribution in [2.75, 3.05) is 42.1 Å². The average molecular weight is 255 g/mol. The van der Waals surface area contributed by atoms with Crippen molar-refractivity contribution in [1.29, 1.82) is 0 Å². The summed E-state index contributed by atoms with van der Waals surface area (Å²) in [6, 6.07) is 0. The number of hydrogen-bond acceptors (Lipinski definition) is 2. The van der Waals surface area contributed by atoms with Crippen LogP contribution >= 0.6 is 0 Å². The van der Waals surface area contributed by atoms with Gasteiger partial charge in [0.25, 0.3) is 0 Å². The van der Waals surface area contributed by atoms with Crippen molar-refractivity contribution in [3.05, 3.63) is 0 Å². The maximum atomic E-state index is 3.18. The molecule has 0 aromatic heterocycles. The fourth-order valence-electron chi connectivity index (χ4n) is 1.06. The maximum absolute atomic E-state index is 3.18. The van der Waals surface area contributed by atoms with E-state index < -0.39 is 0 Å². The van der Waals surface area contributed by atoms with Gasteiger partial charge in [-0.25, -0.2) is 0 Å². The number of alkyl halides is 2. The molecule has 2 nitrogen and oxygen atoms in total. The van der Waals surface area contributed by atoms with Crippen LogP contribution in [0.1, 0.15) is 0 Å². The van der Waals surface area contributed by atoms with E-state index in [1.54, 1.807) is 0 Å². The van der Waals surface area contributed by atoms with Crippen LogP contribution in [0.15, 0.2) is 0 Å². The molecule has 0 radical (unpaired) electrons. The van der Waals surface area contributed by atoms with Crippen LogP contribution in [0.5, 0.6) is 0 Å². The third-order valence-electron chi connectivity index (χ3n) is 1.75. The van der Waals surface area contributed by atoms with Gasteiger partial charge in [0.2, 0.25) is 0 Å². The van der Waals surface area contributed by atoms with Gasteiger partial charge >= 0.3 is 73.5 Å². The molecule has 1 aliphatic heterocycles. The predicted molar refractivity (Wildman–Crippen MR) is 40.1 cm³/mol. The molecule has 0 spiro atoms. The third-order valence-corrected chi connectivity index (χ3v) is 4.24. The van der Waals surface area contributed by atoms with Crippen LogP contribution in [0.2, 0.25) is 0 Å². The van der Waals surface area contributed by atoms with Gasteiger partial charge in [-0.15, -0.1) is 0 Å². The van der Waals surface area contributed by atoms with E-state index in [-0.39, 0.29) is 0 Å². The Hall–Kier alpha value is 0.650. The molecule has 1 rings (SSSR count). The summed E-state index contributed by atoms with van der Waals surface area (Å²) in [5.74, 6) is 0. The second-order valence-electron chi connectivity index (χ2n) is 2.51. The summed E-state index contributed by atoms with van der Waals surface area (Å²) in [4.78, 5) is 2.57. The van der Waals surface area contributed by atoms with Crippen molar-refractivity contribution < 1.29 is 21.2 Å². The van der Waals surface area contributed by atoms with Crippen LogP contribution in [0.25, 0.3) is 0 Å². The molecule has 10 heavy (non-hydrogen) atoms. The zero-order chi connectivity index (χ0) is 7.23. The molecule has 0 atom stereocenters. The van der Waals surface area contributed by atoms with Crippen molar-refractivity contribution in [2.24, 2.45) is 0 Å².